The number of aliphatic hydroxyl groups excluding tert-OH is 1. The molecule has 2 unspecified atom stereocenters. The highest BCUT2D eigenvalue weighted by Crippen LogP contribution is 2.22. The Morgan fingerprint density at radius 1 is 1.53 bits per heavy atom. The van der Waals surface area contributed by atoms with Gasteiger partial charge >= 0.3 is 5.76 Å². The summed E-state index contributed by atoms with van der Waals surface area (Å²) in [5.41, 5.74) is 1.85. The van der Waals surface area contributed by atoms with Crippen LogP contribution < -0.4 is 11.1 Å². The molecule has 0 saturated heterocycles. The van der Waals surface area contributed by atoms with Gasteiger partial charge in [0.15, 0.2) is 5.58 Å². The van der Waals surface area contributed by atoms with Gasteiger partial charge < -0.3 is 14.8 Å². The average molecular weight is 236 g/mol. The van der Waals surface area contributed by atoms with Gasteiger partial charge in [0.2, 0.25) is 0 Å². The molecule has 17 heavy (non-hydrogen) atoms. The Morgan fingerprint density at radius 2 is 2.29 bits per heavy atom. The number of benzene rings is 1. The summed E-state index contributed by atoms with van der Waals surface area (Å²) in [5, 5.41) is 13.2. The van der Waals surface area contributed by atoms with E-state index in [4.69, 9.17) is 4.42 Å². The van der Waals surface area contributed by atoms with Crippen molar-refractivity contribution in [3.05, 3.63) is 34.3 Å². The fraction of sp³-hybridized carbons (Fsp3) is 0.417. The maximum absolute atomic E-state index is 11.0. The highest BCUT2D eigenvalue weighted by molar-refractivity contribution is 5.72. The lowest BCUT2D eigenvalue weighted by molar-refractivity contribution is 0.130. The van der Waals surface area contributed by atoms with Crippen molar-refractivity contribution in [1.29, 1.82) is 0 Å². The smallest absolute Gasteiger partial charge is 0.408 e. The molecule has 5 heteroatoms. The van der Waals surface area contributed by atoms with Crippen molar-refractivity contribution in [3.63, 3.8) is 0 Å². The Hall–Kier alpha value is -1.59. The van der Waals surface area contributed by atoms with Gasteiger partial charge in [-0.2, -0.15) is 0 Å². The van der Waals surface area contributed by atoms with E-state index in [2.05, 4.69) is 10.3 Å². The molecular weight excluding hydrogens is 220 g/mol. The van der Waals surface area contributed by atoms with Crippen LogP contribution in [0.5, 0.6) is 0 Å². The second-order valence-electron chi connectivity index (χ2n) is 4.02. The highest BCUT2D eigenvalue weighted by atomic mass is 16.4. The van der Waals surface area contributed by atoms with E-state index in [0.717, 1.165) is 12.0 Å². The van der Waals surface area contributed by atoms with Gasteiger partial charge in [-0.3, -0.25) is 4.98 Å². The van der Waals surface area contributed by atoms with Gasteiger partial charge in [0, 0.05) is 6.04 Å². The van der Waals surface area contributed by atoms with Crippen molar-refractivity contribution in [3.8, 4) is 0 Å². The van der Waals surface area contributed by atoms with Gasteiger partial charge in [-0.25, -0.2) is 4.79 Å². The molecule has 2 aromatic rings. The number of H-pyrrole nitrogens is 1. The van der Waals surface area contributed by atoms with Crippen LogP contribution in [0.25, 0.3) is 11.1 Å². The van der Waals surface area contributed by atoms with Gasteiger partial charge in [-0.1, -0.05) is 13.0 Å². The van der Waals surface area contributed by atoms with Crippen molar-refractivity contribution >= 4 is 11.1 Å². The van der Waals surface area contributed by atoms with E-state index in [1.807, 2.05) is 14.0 Å². The normalized spacial score (nSPS) is 15.0. The van der Waals surface area contributed by atoms with Gasteiger partial charge in [-0.05, 0) is 31.2 Å². The molecule has 2 rings (SSSR count). The first kappa shape index (κ1) is 11.9. The highest BCUT2D eigenvalue weighted by Gasteiger charge is 2.18. The number of nitrogens with one attached hydrogen (secondary N) is 2. The van der Waals surface area contributed by atoms with E-state index in [9.17, 15) is 9.90 Å². The molecular formula is C12H16N2O3. The zero-order chi connectivity index (χ0) is 12.4. The second-order valence-corrected chi connectivity index (χ2v) is 4.02. The summed E-state index contributed by atoms with van der Waals surface area (Å²) in [7, 11) is 1.81. The van der Waals surface area contributed by atoms with E-state index < -0.39 is 11.9 Å². The fourth-order valence-corrected chi connectivity index (χ4v) is 1.96. The molecule has 5 nitrogen and oxygen atoms in total. The summed E-state index contributed by atoms with van der Waals surface area (Å²) in [4.78, 5) is 13.6. The molecule has 0 aliphatic rings. The van der Waals surface area contributed by atoms with Crippen molar-refractivity contribution < 1.29 is 9.52 Å². The summed E-state index contributed by atoms with van der Waals surface area (Å²) in [6.45, 7) is 2.00. The zero-order valence-corrected chi connectivity index (χ0v) is 9.86. The molecule has 0 fully saturated rings. The van der Waals surface area contributed by atoms with E-state index in [-0.39, 0.29) is 6.04 Å². The Kier molecular flexibility index (Phi) is 3.31. The summed E-state index contributed by atoms with van der Waals surface area (Å²) < 4.78 is 4.96. The number of rotatable bonds is 4. The maximum Gasteiger partial charge on any atom is 0.417 e. The van der Waals surface area contributed by atoms with Crippen LogP contribution >= 0.6 is 0 Å². The Morgan fingerprint density at radius 3 is 2.94 bits per heavy atom. The minimum Gasteiger partial charge on any atom is -0.408 e. The lowest BCUT2D eigenvalue weighted by Crippen LogP contribution is -2.31. The predicted octanol–water partition coefficient (Wildman–Crippen LogP) is 1.15. The third-order valence-electron chi connectivity index (χ3n) is 2.98. The van der Waals surface area contributed by atoms with Crippen LogP contribution in [0.15, 0.2) is 27.4 Å². The molecule has 92 valence electrons. The number of aromatic amines is 1. The van der Waals surface area contributed by atoms with Gasteiger partial charge in [-0.15, -0.1) is 0 Å². The number of oxazole rings is 1. The Balaban J connectivity index is 2.38. The third-order valence-corrected chi connectivity index (χ3v) is 2.98. The summed E-state index contributed by atoms with van der Waals surface area (Å²) in [6.07, 6.45) is 0.196. The number of aromatic nitrogens is 1. The molecule has 1 aromatic heterocycles. The predicted molar refractivity (Wildman–Crippen MR) is 64.9 cm³/mol. The van der Waals surface area contributed by atoms with Crippen molar-refractivity contribution in [2.45, 2.75) is 25.5 Å². The number of hydrogen-bond donors (Lipinski definition) is 3. The Bertz CT molecular complexity index is 554. The quantitative estimate of drug-likeness (QED) is 0.744. The monoisotopic (exact) mass is 236 g/mol. The largest absolute Gasteiger partial charge is 0.417 e. The summed E-state index contributed by atoms with van der Waals surface area (Å²) in [5.74, 6) is -0.479. The lowest BCUT2D eigenvalue weighted by atomic mass is 10.0. The molecule has 0 aliphatic carbocycles. The molecule has 0 spiro atoms. The number of likely N-dealkylation sites (N-methyl/N-ethyl adjacent to an activating group) is 1. The molecule has 0 radical (unpaired) electrons. The van der Waals surface area contributed by atoms with Crippen molar-refractivity contribution in [1.82, 2.24) is 10.3 Å². The van der Waals surface area contributed by atoms with Crippen molar-refractivity contribution in [2.24, 2.45) is 0 Å². The molecule has 2 atom stereocenters. The third kappa shape index (κ3) is 2.25. The first-order valence-corrected chi connectivity index (χ1v) is 5.63. The lowest BCUT2D eigenvalue weighted by Gasteiger charge is -2.21. The molecule has 0 saturated carbocycles. The zero-order valence-electron chi connectivity index (χ0n) is 9.86. The summed E-state index contributed by atoms with van der Waals surface area (Å²) >= 11 is 0. The molecule has 0 bridgehead atoms. The van der Waals surface area contributed by atoms with Crippen LogP contribution in [0, 0.1) is 0 Å². The van der Waals surface area contributed by atoms with Crippen LogP contribution in [0.4, 0.5) is 0 Å². The molecule has 1 heterocycles. The topological polar surface area (TPSA) is 78.3 Å². The van der Waals surface area contributed by atoms with E-state index in [0.29, 0.717) is 11.1 Å². The minimum atomic E-state index is -0.616. The van der Waals surface area contributed by atoms with E-state index >= 15 is 0 Å². The van der Waals surface area contributed by atoms with E-state index in [1.54, 1.807) is 18.2 Å². The molecule has 0 aliphatic heterocycles. The van der Waals surface area contributed by atoms with Crippen LogP contribution in [-0.4, -0.2) is 23.2 Å². The number of hydrogen-bond acceptors (Lipinski definition) is 4. The van der Waals surface area contributed by atoms with Crippen LogP contribution in [0.1, 0.15) is 25.0 Å². The average Bonchev–Trinajstić information content (AvgIpc) is 2.69. The van der Waals surface area contributed by atoms with E-state index in [1.165, 1.54) is 0 Å². The molecule has 3 N–H and O–H groups in total. The number of aliphatic hydroxyl groups is 1. The molecule has 0 amide bonds. The van der Waals surface area contributed by atoms with Gasteiger partial charge in [0.05, 0.1) is 11.6 Å². The first-order chi connectivity index (χ1) is 8.15. The van der Waals surface area contributed by atoms with Gasteiger partial charge in [0.25, 0.3) is 0 Å². The maximum atomic E-state index is 11.0. The minimum absolute atomic E-state index is 0.0156. The fourth-order valence-electron chi connectivity index (χ4n) is 1.96. The molecule has 1 aromatic carbocycles. The van der Waals surface area contributed by atoms with Crippen LogP contribution in [0.3, 0.4) is 0 Å². The van der Waals surface area contributed by atoms with Gasteiger partial charge in [0.1, 0.15) is 0 Å². The van der Waals surface area contributed by atoms with Crippen molar-refractivity contribution in [2.75, 3.05) is 7.05 Å². The van der Waals surface area contributed by atoms with Crippen LogP contribution in [0.2, 0.25) is 0 Å². The SMILES string of the molecule is CCC(NC)C(O)c1ccc2[nH]c(=O)oc2c1. The summed E-state index contributed by atoms with van der Waals surface area (Å²) in [6, 6.07) is 5.20. The Labute approximate surface area is 98.5 Å². The standard InChI is InChI=1S/C12H16N2O3/c1-3-8(13-2)11(15)7-4-5-9-10(6-7)17-12(16)14-9/h4-6,8,11,13,15H,3H2,1-2H3,(H,14,16). The first-order valence-electron chi connectivity index (χ1n) is 5.63. The second kappa shape index (κ2) is 4.73. The van der Waals surface area contributed by atoms with Crippen LogP contribution in [-0.2, 0) is 0 Å². The number of fused-ring (bicyclic) bond motifs is 1.